The molecule has 1 amide bonds. The summed E-state index contributed by atoms with van der Waals surface area (Å²) in [5.41, 5.74) is 0.975. The Balaban J connectivity index is 1.68. The molecule has 8 heteroatoms. The number of nitrogens with one attached hydrogen (secondary N) is 1. The van der Waals surface area contributed by atoms with Crippen molar-refractivity contribution >= 4 is 33.2 Å². The lowest BCUT2D eigenvalue weighted by atomic mass is 10.2. The third-order valence-corrected chi connectivity index (χ3v) is 6.50. The van der Waals surface area contributed by atoms with Crippen molar-refractivity contribution in [2.75, 3.05) is 25.5 Å². The second kappa shape index (κ2) is 8.39. The number of likely N-dealkylation sites (N-methyl/N-ethyl adjacent to an activating group) is 1. The number of hydrogen-bond donors (Lipinski definition) is 1. The maximum Gasteiger partial charge on any atom is 0.255 e. The molecule has 0 radical (unpaired) electrons. The van der Waals surface area contributed by atoms with Crippen LogP contribution in [0.5, 0.6) is 0 Å². The number of benzene rings is 2. The van der Waals surface area contributed by atoms with E-state index in [1.165, 1.54) is 35.6 Å². The zero-order chi connectivity index (χ0) is 19.4. The van der Waals surface area contributed by atoms with Crippen LogP contribution < -0.4 is 5.32 Å². The first kappa shape index (κ1) is 19.8. The predicted molar refractivity (Wildman–Crippen MR) is 105 cm³/mol. The summed E-state index contributed by atoms with van der Waals surface area (Å²) in [6.45, 7) is 0.997. The Kier molecular flexibility index (Phi) is 6.16. The van der Waals surface area contributed by atoms with E-state index in [2.05, 4.69) is 5.32 Å². The highest BCUT2D eigenvalue weighted by atomic mass is 35.5. The molecule has 2 aromatic carbocycles. The van der Waals surface area contributed by atoms with Crippen LogP contribution in [0.1, 0.15) is 23.2 Å². The van der Waals surface area contributed by atoms with Crippen LogP contribution in [0.4, 0.5) is 5.69 Å². The second-order valence-electron chi connectivity index (χ2n) is 6.41. The van der Waals surface area contributed by atoms with Crippen molar-refractivity contribution in [3.63, 3.8) is 0 Å². The van der Waals surface area contributed by atoms with Crippen molar-refractivity contribution in [2.45, 2.75) is 23.8 Å². The number of anilines is 1. The van der Waals surface area contributed by atoms with Gasteiger partial charge in [-0.3, -0.25) is 4.79 Å². The van der Waals surface area contributed by atoms with E-state index in [9.17, 15) is 13.2 Å². The molecule has 1 saturated heterocycles. The summed E-state index contributed by atoms with van der Waals surface area (Å²) in [6, 6.07) is 12.6. The van der Waals surface area contributed by atoms with Crippen molar-refractivity contribution in [2.24, 2.45) is 0 Å². The maximum absolute atomic E-state index is 12.7. The Hall–Kier alpha value is -1.93. The van der Waals surface area contributed by atoms with E-state index in [1.807, 2.05) is 0 Å². The van der Waals surface area contributed by atoms with Gasteiger partial charge in [-0.2, -0.15) is 4.31 Å². The lowest BCUT2D eigenvalue weighted by molar-refractivity contribution is 0.0979. The number of halogens is 1. The SMILES string of the molecule is CN(C[C@H]1CCCO1)S(=O)(=O)c1ccc(C(=O)Nc2ccc(Cl)cc2)cc1. The molecule has 6 nitrogen and oxygen atoms in total. The molecule has 1 aliphatic rings. The molecule has 0 aromatic heterocycles. The van der Waals surface area contributed by atoms with E-state index >= 15 is 0 Å². The van der Waals surface area contributed by atoms with Crippen molar-refractivity contribution < 1.29 is 17.9 Å². The highest BCUT2D eigenvalue weighted by molar-refractivity contribution is 7.89. The zero-order valence-corrected chi connectivity index (χ0v) is 16.5. The Morgan fingerprint density at radius 3 is 2.44 bits per heavy atom. The standard InChI is InChI=1S/C19H21ClN2O4S/c1-22(13-17-3-2-12-26-17)27(24,25)18-10-4-14(5-11-18)19(23)21-16-8-6-15(20)7-9-16/h4-11,17H,2-3,12-13H2,1H3,(H,21,23)/t17-/m1/s1. The molecule has 1 atom stereocenters. The van der Waals surface area contributed by atoms with Gasteiger partial charge in [0.1, 0.15) is 0 Å². The Morgan fingerprint density at radius 1 is 1.19 bits per heavy atom. The molecule has 2 aromatic rings. The first-order valence-corrected chi connectivity index (χ1v) is 10.4. The molecule has 27 heavy (non-hydrogen) atoms. The highest BCUT2D eigenvalue weighted by Gasteiger charge is 2.26. The number of amides is 1. The molecule has 144 valence electrons. The maximum atomic E-state index is 12.7. The van der Waals surface area contributed by atoms with Crippen LogP contribution in [-0.2, 0) is 14.8 Å². The average Bonchev–Trinajstić information content (AvgIpc) is 3.16. The Bertz CT molecular complexity index is 892. The fourth-order valence-corrected chi connectivity index (χ4v) is 4.20. The zero-order valence-electron chi connectivity index (χ0n) is 14.9. The number of carbonyl (C=O) groups is 1. The molecule has 1 fully saturated rings. The smallest absolute Gasteiger partial charge is 0.255 e. The van der Waals surface area contributed by atoms with Gasteiger partial charge in [-0.05, 0) is 61.4 Å². The summed E-state index contributed by atoms with van der Waals surface area (Å²) in [7, 11) is -2.09. The van der Waals surface area contributed by atoms with E-state index in [4.69, 9.17) is 16.3 Å². The number of ether oxygens (including phenoxy) is 1. The summed E-state index contributed by atoms with van der Waals surface area (Å²) in [5.74, 6) is -0.325. The van der Waals surface area contributed by atoms with Gasteiger partial charge < -0.3 is 10.1 Å². The summed E-state index contributed by atoms with van der Waals surface area (Å²) in [4.78, 5) is 12.4. The monoisotopic (exact) mass is 408 g/mol. The minimum atomic E-state index is -3.63. The Morgan fingerprint density at radius 2 is 1.85 bits per heavy atom. The molecule has 0 saturated carbocycles. The van der Waals surface area contributed by atoms with Gasteiger partial charge in [0.25, 0.3) is 5.91 Å². The van der Waals surface area contributed by atoms with Gasteiger partial charge in [0.15, 0.2) is 0 Å². The van der Waals surface area contributed by atoms with Crippen LogP contribution in [0.3, 0.4) is 0 Å². The molecular formula is C19H21ClN2O4S. The van der Waals surface area contributed by atoms with Gasteiger partial charge in [0.05, 0.1) is 11.0 Å². The highest BCUT2D eigenvalue weighted by Crippen LogP contribution is 2.20. The van der Waals surface area contributed by atoms with Gasteiger partial charge in [0, 0.05) is 36.5 Å². The lowest BCUT2D eigenvalue weighted by Crippen LogP contribution is -2.34. The van der Waals surface area contributed by atoms with Crippen LogP contribution in [0.25, 0.3) is 0 Å². The lowest BCUT2D eigenvalue weighted by Gasteiger charge is -2.20. The van der Waals surface area contributed by atoms with Gasteiger partial charge >= 0.3 is 0 Å². The van der Waals surface area contributed by atoms with Crippen LogP contribution in [0, 0.1) is 0 Å². The van der Waals surface area contributed by atoms with Gasteiger partial charge in [-0.15, -0.1) is 0 Å². The molecule has 1 heterocycles. The summed E-state index contributed by atoms with van der Waals surface area (Å²) < 4.78 is 32.2. The topological polar surface area (TPSA) is 75.7 Å². The minimum absolute atomic E-state index is 0.0609. The second-order valence-corrected chi connectivity index (χ2v) is 8.89. The van der Waals surface area contributed by atoms with Crippen LogP contribution in [0.2, 0.25) is 5.02 Å². The normalized spacial score (nSPS) is 17.2. The van der Waals surface area contributed by atoms with E-state index in [0.717, 1.165) is 12.8 Å². The van der Waals surface area contributed by atoms with E-state index < -0.39 is 10.0 Å². The largest absolute Gasteiger partial charge is 0.377 e. The third-order valence-electron chi connectivity index (χ3n) is 4.41. The molecule has 0 bridgehead atoms. The van der Waals surface area contributed by atoms with Crippen molar-refractivity contribution in [3.8, 4) is 0 Å². The summed E-state index contributed by atoms with van der Waals surface area (Å²) >= 11 is 5.82. The predicted octanol–water partition coefficient (Wildman–Crippen LogP) is 3.39. The number of carbonyl (C=O) groups excluding carboxylic acids is 1. The fourth-order valence-electron chi connectivity index (χ4n) is 2.87. The average molecular weight is 409 g/mol. The quantitative estimate of drug-likeness (QED) is 0.794. The number of rotatable bonds is 6. The van der Waals surface area contributed by atoms with Gasteiger partial charge in [-0.25, -0.2) is 8.42 Å². The van der Waals surface area contributed by atoms with Gasteiger partial charge in [-0.1, -0.05) is 11.6 Å². The molecular weight excluding hydrogens is 388 g/mol. The third kappa shape index (κ3) is 4.87. The molecule has 0 spiro atoms. The van der Waals surface area contributed by atoms with Gasteiger partial charge in [0.2, 0.25) is 10.0 Å². The molecule has 3 rings (SSSR count). The number of nitrogens with zero attached hydrogens (tertiary/aromatic N) is 1. The molecule has 1 N–H and O–H groups in total. The van der Waals surface area contributed by atoms with Crippen LogP contribution in [-0.4, -0.2) is 44.9 Å². The van der Waals surface area contributed by atoms with E-state index in [1.54, 1.807) is 24.3 Å². The summed E-state index contributed by atoms with van der Waals surface area (Å²) in [6.07, 6.45) is 1.76. The van der Waals surface area contributed by atoms with E-state index in [0.29, 0.717) is 29.4 Å². The number of hydrogen-bond acceptors (Lipinski definition) is 4. The first-order valence-electron chi connectivity index (χ1n) is 8.61. The van der Waals surface area contributed by atoms with Crippen LogP contribution in [0.15, 0.2) is 53.4 Å². The fraction of sp³-hybridized carbons (Fsp3) is 0.316. The van der Waals surface area contributed by atoms with Crippen molar-refractivity contribution in [1.29, 1.82) is 0 Å². The molecule has 0 unspecified atom stereocenters. The first-order chi connectivity index (χ1) is 12.9. The van der Waals surface area contributed by atoms with Crippen molar-refractivity contribution in [1.82, 2.24) is 4.31 Å². The van der Waals surface area contributed by atoms with E-state index in [-0.39, 0.29) is 16.9 Å². The summed E-state index contributed by atoms with van der Waals surface area (Å²) in [5, 5.41) is 3.32. The number of sulfonamides is 1. The Labute approximate surface area is 164 Å². The molecule has 0 aliphatic carbocycles. The van der Waals surface area contributed by atoms with Crippen LogP contribution >= 0.6 is 11.6 Å². The minimum Gasteiger partial charge on any atom is -0.377 e. The molecule has 1 aliphatic heterocycles. The van der Waals surface area contributed by atoms with Crippen molar-refractivity contribution in [3.05, 3.63) is 59.1 Å².